The highest BCUT2D eigenvalue weighted by molar-refractivity contribution is 7.86. The highest BCUT2D eigenvalue weighted by atomic mass is 32.2. The Hall–Kier alpha value is -4.20. The van der Waals surface area contributed by atoms with Gasteiger partial charge in [0, 0.05) is 50.3 Å². The molecule has 2 fully saturated rings. The summed E-state index contributed by atoms with van der Waals surface area (Å²) < 4.78 is 72.5. The van der Waals surface area contributed by atoms with Crippen molar-refractivity contribution in [3.8, 4) is 23.0 Å². The topological polar surface area (TPSA) is 173 Å². The maximum atomic E-state index is 14.2. The molecule has 2 aromatic carbocycles. The van der Waals surface area contributed by atoms with Gasteiger partial charge >= 0.3 is 0 Å². The van der Waals surface area contributed by atoms with Gasteiger partial charge in [-0.25, -0.2) is 0 Å². The first-order valence-corrected chi connectivity index (χ1v) is 22.2. The van der Waals surface area contributed by atoms with Gasteiger partial charge in [0.15, 0.2) is 28.4 Å². The zero-order valence-electron chi connectivity index (χ0n) is 31.2. The first kappa shape index (κ1) is 39.5. The lowest BCUT2D eigenvalue weighted by atomic mass is 10.1. The van der Waals surface area contributed by atoms with Gasteiger partial charge in [-0.3, -0.25) is 14.1 Å². The van der Waals surface area contributed by atoms with Crippen LogP contribution in [0.25, 0.3) is 0 Å². The first-order chi connectivity index (χ1) is 25.7. The molecule has 0 radical (unpaired) electrons. The van der Waals surface area contributed by atoms with E-state index in [1.807, 2.05) is 11.0 Å². The van der Waals surface area contributed by atoms with Gasteiger partial charge in [0.25, 0.3) is 21.9 Å². The quantitative estimate of drug-likeness (QED) is 0.0820. The number of nitrogens with one attached hydrogen (secondary N) is 2. The van der Waals surface area contributed by atoms with Gasteiger partial charge in [0.05, 0.1) is 69.2 Å². The Balaban J connectivity index is 1.07. The van der Waals surface area contributed by atoms with Crippen molar-refractivity contribution in [2.45, 2.75) is 62.9 Å². The molecule has 6 rings (SSSR count). The van der Waals surface area contributed by atoms with Gasteiger partial charge in [-0.05, 0) is 44.2 Å². The number of anilines is 2. The highest BCUT2D eigenvalue weighted by Crippen LogP contribution is 2.48. The van der Waals surface area contributed by atoms with Crippen LogP contribution in [0.3, 0.4) is 0 Å². The third-order valence-corrected chi connectivity index (χ3v) is 15.1. The Morgan fingerprint density at radius 2 is 1.35 bits per heavy atom. The van der Waals surface area contributed by atoms with Crippen molar-refractivity contribution >= 4 is 40.4 Å². The van der Waals surface area contributed by atoms with E-state index in [1.54, 1.807) is 13.2 Å². The number of nitrogens with zero attached hydrogens (tertiary/aromatic N) is 2. The summed E-state index contributed by atoms with van der Waals surface area (Å²) in [5.41, 5.74) is 3.36. The molecule has 16 heteroatoms. The lowest BCUT2D eigenvalue weighted by Crippen LogP contribution is -2.47. The summed E-state index contributed by atoms with van der Waals surface area (Å²) in [7, 11) is -4.20. The minimum absolute atomic E-state index is 0.0585. The predicted molar refractivity (Wildman–Crippen MR) is 208 cm³/mol. The molecule has 0 aliphatic carbocycles. The van der Waals surface area contributed by atoms with Crippen LogP contribution < -0.4 is 29.6 Å². The van der Waals surface area contributed by atoms with Crippen molar-refractivity contribution in [1.82, 2.24) is 9.80 Å². The lowest BCUT2D eigenvalue weighted by molar-refractivity contribution is 0.0740. The van der Waals surface area contributed by atoms with Crippen molar-refractivity contribution in [2.75, 3.05) is 76.2 Å². The monoisotopic (exact) mass is 786 g/mol. The summed E-state index contributed by atoms with van der Waals surface area (Å²) in [6.07, 6.45) is 5.37. The Morgan fingerprint density at radius 3 is 1.94 bits per heavy atom. The third-order valence-electron chi connectivity index (χ3n) is 10.6. The lowest BCUT2D eigenvalue weighted by Gasteiger charge is -2.26. The Morgan fingerprint density at radius 1 is 0.815 bits per heavy atom. The van der Waals surface area contributed by atoms with Crippen LogP contribution >= 0.6 is 7.14 Å². The standard InChI is InChI=1S/C38H51N4O10PS/c1-6-7-12-53(45,13-8-10-51-34-19-29-27(17-32(34)49-4)37(43)41-22-24(2)15-26(41)21-39-29)14-9-11-52-35-20-30-28(18-33(35)50-5)38(44)42-23-25(3)16-31(42)36(40-30)54(46,47)48/h17-20,26,31,36,39-40H,2-3,6-16,21-23H2,1,4-5H3,(H,46,47,48)/t26-,31-,36?,53?/m0/s1. The molecule has 4 atom stereocenters. The molecule has 14 nitrogen and oxygen atoms in total. The smallest absolute Gasteiger partial charge is 0.288 e. The maximum absolute atomic E-state index is 14.2. The van der Waals surface area contributed by atoms with Crippen LogP contribution in [0.1, 0.15) is 66.2 Å². The zero-order chi connectivity index (χ0) is 38.8. The molecule has 0 bridgehead atoms. The van der Waals surface area contributed by atoms with Crippen molar-refractivity contribution < 1.29 is 46.1 Å². The van der Waals surface area contributed by atoms with E-state index >= 15 is 0 Å². The number of unbranched alkanes of at least 4 members (excludes halogenated alkanes) is 1. The number of carbonyl (C=O) groups excluding carboxylic acids is 2. The fourth-order valence-electron chi connectivity index (χ4n) is 7.81. The van der Waals surface area contributed by atoms with Crippen LogP contribution in [-0.2, 0) is 14.7 Å². The summed E-state index contributed by atoms with van der Waals surface area (Å²) >= 11 is 0. The average Bonchev–Trinajstić information content (AvgIpc) is 3.66. The normalized spacial score (nSPS) is 21.8. The summed E-state index contributed by atoms with van der Waals surface area (Å²) in [6.45, 7) is 11.9. The van der Waals surface area contributed by atoms with Gasteiger partial charge in [0.2, 0.25) is 0 Å². The Labute approximate surface area is 317 Å². The van der Waals surface area contributed by atoms with Gasteiger partial charge in [-0.1, -0.05) is 37.6 Å². The van der Waals surface area contributed by atoms with Crippen LogP contribution in [0.4, 0.5) is 11.4 Å². The van der Waals surface area contributed by atoms with E-state index in [0.29, 0.717) is 79.3 Å². The summed E-state index contributed by atoms with van der Waals surface area (Å²) in [6, 6.07) is 5.78. The molecule has 2 saturated heterocycles. The number of amides is 2. The maximum Gasteiger partial charge on any atom is 0.288 e. The zero-order valence-corrected chi connectivity index (χ0v) is 32.9. The van der Waals surface area contributed by atoms with E-state index < -0.39 is 34.6 Å². The van der Waals surface area contributed by atoms with Crippen LogP contribution in [-0.4, -0.2) is 118 Å². The third kappa shape index (κ3) is 8.38. The van der Waals surface area contributed by atoms with Crippen LogP contribution in [0, 0.1) is 0 Å². The minimum atomic E-state index is -4.59. The van der Waals surface area contributed by atoms with E-state index in [9.17, 15) is 27.1 Å². The number of benzene rings is 2. The van der Waals surface area contributed by atoms with Crippen molar-refractivity contribution in [1.29, 1.82) is 0 Å². The number of hydrogen-bond donors (Lipinski definition) is 3. The Kier molecular flexibility index (Phi) is 11.9. The largest absolute Gasteiger partial charge is 0.493 e. The molecule has 2 unspecified atom stereocenters. The molecule has 3 N–H and O–H groups in total. The summed E-state index contributed by atoms with van der Waals surface area (Å²) in [5.74, 6) is 1.07. The van der Waals surface area contributed by atoms with Gasteiger partial charge in [-0.2, -0.15) is 8.42 Å². The van der Waals surface area contributed by atoms with Crippen LogP contribution in [0.2, 0.25) is 0 Å². The van der Waals surface area contributed by atoms with E-state index in [4.69, 9.17) is 18.9 Å². The van der Waals surface area contributed by atoms with Gasteiger partial charge < -0.3 is 43.9 Å². The number of ether oxygens (including phenoxy) is 4. The van der Waals surface area contributed by atoms with E-state index in [-0.39, 0.29) is 54.3 Å². The molecular formula is C38H51N4O10PS. The van der Waals surface area contributed by atoms with E-state index in [1.165, 1.54) is 24.1 Å². The minimum Gasteiger partial charge on any atom is -0.493 e. The van der Waals surface area contributed by atoms with Gasteiger partial charge in [-0.15, -0.1) is 0 Å². The summed E-state index contributed by atoms with van der Waals surface area (Å²) in [5, 5.41) is 4.82. The molecule has 54 heavy (non-hydrogen) atoms. The molecule has 0 spiro atoms. The number of carbonyl (C=O) groups is 2. The molecule has 4 heterocycles. The highest BCUT2D eigenvalue weighted by Gasteiger charge is 2.46. The number of methoxy groups -OCH3 is 2. The molecule has 2 amide bonds. The SMILES string of the molecule is C=C1C[C@H]2CNc3cc(OCCCP(=O)(CCCC)CCCOc4cc5c(cc4OC)C(=O)N4CC(=C)C[C@H]4C(S(=O)(=O)O)N5)c(OC)cc3C(=O)N2C1. The molecule has 0 aromatic heterocycles. The second kappa shape index (κ2) is 16.3. The average molecular weight is 787 g/mol. The number of rotatable bonds is 16. The van der Waals surface area contributed by atoms with Gasteiger partial charge in [0.1, 0.15) is 0 Å². The van der Waals surface area contributed by atoms with Crippen LogP contribution in [0.15, 0.2) is 48.6 Å². The van der Waals surface area contributed by atoms with Crippen LogP contribution in [0.5, 0.6) is 23.0 Å². The van der Waals surface area contributed by atoms with Crippen molar-refractivity contribution in [3.05, 3.63) is 59.7 Å². The molecule has 4 aliphatic rings. The fraction of sp³-hybridized carbons (Fsp3) is 0.526. The van der Waals surface area contributed by atoms with Crippen molar-refractivity contribution in [2.24, 2.45) is 0 Å². The predicted octanol–water partition coefficient (Wildman–Crippen LogP) is 5.71. The van der Waals surface area contributed by atoms with E-state index in [0.717, 1.165) is 24.8 Å². The first-order valence-electron chi connectivity index (χ1n) is 18.4. The molecular weight excluding hydrogens is 735 g/mol. The number of fused-ring (bicyclic) bond motifs is 4. The van der Waals surface area contributed by atoms with Crippen molar-refractivity contribution in [3.63, 3.8) is 0 Å². The second-order valence-corrected chi connectivity index (χ2v) is 19.5. The van der Waals surface area contributed by atoms with E-state index in [2.05, 4.69) is 30.7 Å². The molecule has 2 aromatic rings. The molecule has 0 saturated carbocycles. The Bertz CT molecular complexity index is 1970. The number of hydrogen-bond acceptors (Lipinski definition) is 11. The molecule has 4 aliphatic heterocycles. The fourth-order valence-corrected chi connectivity index (χ4v) is 11.7. The molecule has 294 valence electrons. The summed E-state index contributed by atoms with van der Waals surface area (Å²) in [4.78, 5) is 30.1. The second-order valence-electron chi connectivity index (χ2n) is 14.5.